The maximum atomic E-state index is 11.5. The zero-order valence-electron chi connectivity index (χ0n) is 13.0. The molecule has 0 heterocycles. The highest BCUT2D eigenvalue weighted by Gasteiger charge is 2.09. The quantitative estimate of drug-likeness (QED) is 0.404. The Labute approximate surface area is 119 Å². The van der Waals surface area contributed by atoms with Crippen molar-refractivity contribution in [3.05, 3.63) is 0 Å². The van der Waals surface area contributed by atoms with Gasteiger partial charge in [0.15, 0.2) is 0 Å². The van der Waals surface area contributed by atoms with Crippen LogP contribution in [-0.2, 0) is 9.53 Å². The maximum Gasteiger partial charge on any atom is 0.306 e. The van der Waals surface area contributed by atoms with Crippen molar-refractivity contribution >= 4 is 5.97 Å². The van der Waals surface area contributed by atoms with Gasteiger partial charge >= 0.3 is 5.97 Å². The standard InChI is InChI=1S/C16H33NO2/c1-3-5-6-7-8-9-10-11-12-13-16(18)19-15(4-2)14-17/h15H,3-14,17H2,1-2H3. The van der Waals surface area contributed by atoms with Gasteiger partial charge in [0.2, 0.25) is 0 Å². The van der Waals surface area contributed by atoms with Crippen LogP contribution >= 0.6 is 0 Å². The minimum absolute atomic E-state index is 0.0831. The number of carbonyl (C=O) groups excluding carboxylic acids is 1. The molecular formula is C16H33NO2. The lowest BCUT2D eigenvalue weighted by Crippen LogP contribution is -2.25. The monoisotopic (exact) mass is 271 g/mol. The summed E-state index contributed by atoms with van der Waals surface area (Å²) in [5.41, 5.74) is 5.50. The summed E-state index contributed by atoms with van der Waals surface area (Å²) in [4.78, 5) is 11.5. The highest BCUT2D eigenvalue weighted by molar-refractivity contribution is 5.69. The van der Waals surface area contributed by atoms with E-state index in [1.54, 1.807) is 0 Å². The number of hydrogen-bond donors (Lipinski definition) is 1. The average molecular weight is 271 g/mol. The Morgan fingerprint density at radius 1 is 0.947 bits per heavy atom. The third kappa shape index (κ3) is 12.2. The normalized spacial score (nSPS) is 12.4. The molecule has 0 radical (unpaired) electrons. The summed E-state index contributed by atoms with van der Waals surface area (Å²) < 4.78 is 5.26. The molecule has 0 aliphatic heterocycles. The molecule has 0 aromatic carbocycles. The molecule has 0 spiro atoms. The van der Waals surface area contributed by atoms with Gasteiger partial charge in [0.25, 0.3) is 0 Å². The number of unbranched alkanes of at least 4 members (excludes halogenated alkanes) is 8. The van der Waals surface area contributed by atoms with Gasteiger partial charge in [-0.1, -0.05) is 65.2 Å². The lowest BCUT2D eigenvalue weighted by Gasteiger charge is -2.13. The second-order valence-corrected chi connectivity index (χ2v) is 5.33. The van der Waals surface area contributed by atoms with Crippen molar-refractivity contribution in [3.63, 3.8) is 0 Å². The predicted octanol–water partition coefficient (Wildman–Crippen LogP) is 4.19. The molecule has 0 aliphatic rings. The van der Waals surface area contributed by atoms with Crippen LogP contribution in [-0.4, -0.2) is 18.6 Å². The van der Waals surface area contributed by atoms with Gasteiger partial charge in [0.1, 0.15) is 6.10 Å². The van der Waals surface area contributed by atoms with E-state index in [2.05, 4.69) is 6.92 Å². The number of ether oxygens (including phenoxy) is 1. The molecule has 0 rings (SSSR count). The molecule has 1 atom stereocenters. The smallest absolute Gasteiger partial charge is 0.306 e. The van der Waals surface area contributed by atoms with Gasteiger partial charge in [0, 0.05) is 13.0 Å². The molecule has 3 nitrogen and oxygen atoms in total. The number of hydrogen-bond acceptors (Lipinski definition) is 3. The van der Waals surface area contributed by atoms with E-state index in [0.717, 1.165) is 19.3 Å². The summed E-state index contributed by atoms with van der Waals surface area (Å²) in [5, 5.41) is 0. The van der Waals surface area contributed by atoms with Gasteiger partial charge in [0.05, 0.1) is 0 Å². The fourth-order valence-electron chi connectivity index (χ4n) is 2.12. The number of nitrogens with two attached hydrogens (primary N) is 1. The number of esters is 1. The second-order valence-electron chi connectivity index (χ2n) is 5.33. The van der Waals surface area contributed by atoms with Crippen molar-refractivity contribution in [3.8, 4) is 0 Å². The molecular weight excluding hydrogens is 238 g/mol. The van der Waals surface area contributed by atoms with Crippen LogP contribution in [0.5, 0.6) is 0 Å². The highest BCUT2D eigenvalue weighted by Crippen LogP contribution is 2.11. The van der Waals surface area contributed by atoms with Gasteiger partial charge in [-0.25, -0.2) is 0 Å². The summed E-state index contributed by atoms with van der Waals surface area (Å²) in [6.07, 6.45) is 12.7. The molecule has 1 unspecified atom stereocenters. The number of carbonyl (C=O) groups is 1. The summed E-state index contributed by atoms with van der Waals surface area (Å²) in [6.45, 7) is 4.66. The van der Waals surface area contributed by atoms with E-state index in [-0.39, 0.29) is 12.1 Å². The Balaban J connectivity index is 3.27. The minimum Gasteiger partial charge on any atom is -0.461 e. The molecule has 114 valence electrons. The topological polar surface area (TPSA) is 52.3 Å². The number of rotatable bonds is 13. The predicted molar refractivity (Wildman–Crippen MR) is 81.1 cm³/mol. The Hall–Kier alpha value is -0.570. The third-order valence-electron chi connectivity index (χ3n) is 3.50. The van der Waals surface area contributed by atoms with Crippen molar-refractivity contribution in [2.24, 2.45) is 5.73 Å². The van der Waals surface area contributed by atoms with Crippen LogP contribution in [0.2, 0.25) is 0 Å². The van der Waals surface area contributed by atoms with Crippen molar-refractivity contribution in [2.75, 3.05) is 6.54 Å². The Bertz CT molecular complexity index is 203. The van der Waals surface area contributed by atoms with Gasteiger partial charge in [-0.15, -0.1) is 0 Å². The van der Waals surface area contributed by atoms with E-state index in [4.69, 9.17) is 10.5 Å². The van der Waals surface area contributed by atoms with Crippen molar-refractivity contribution in [1.82, 2.24) is 0 Å². The molecule has 0 amide bonds. The highest BCUT2D eigenvalue weighted by atomic mass is 16.5. The summed E-state index contributed by atoms with van der Waals surface area (Å²) in [7, 11) is 0. The molecule has 0 saturated carbocycles. The third-order valence-corrected chi connectivity index (χ3v) is 3.50. The average Bonchev–Trinajstić information content (AvgIpc) is 2.43. The van der Waals surface area contributed by atoms with Crippen LogP contribution in [0.3, 0.4) is 0 Å². The minimum atomic E-state index is -0.0916. The molecule has 0 fully saturated rings. The molecule has 19 heavy (non-hydrogen) atoms. The fourth-order valence-corrected chi connectivity index (χ4v) is 2.12. The van der Waals surface area contributed by atoms with E-state index in [9.17, 15) is 4.79 Å². The Morgan fingerprint density at radius 3 is 1.95 bits per heavy atom. The van der Waals surface area contributed by atoms with Crippen LogP contribution in [0, 0.1) is 0 Å². The summed E-state index contributed by atoms with van der Waals surface area (Å²) in [6, 6.07) is 0. The second kappa shape index (κ2) is 13.9. The van der Waals surface area contributed by atoms with E-state index in [1.165, 1.54) is 44.9 Å². The van der Waals surface area contributed by atoms with Gasteiger partial charge in [-0.05, 0) is 12.8 Å². The van der Waals surface area contributed by atoms with Crippen molar-refractivity contribution in [1.29, 1.82) is 0 Å². The van der Waals surface area contributed by atoms with E-state index < -0.39 is 0 Å². The largest absolute Gasteiger partial charge is 0.461 e. The summed E-state index contributed by atoms with van der Waals surface area (Å²) in [5.74, 6) is -0.0831. The first kappa shape index (κ1) is 18.4. The van der Waals surface area contributed by atoms with Gasteiger partial charge in [-0.3, -0.25) is 4.79 Å². The fraction of sp³-hybridized carbons (Fsp3) is 0.938. The lowest BCUT2D eigenvalue weighted by atomic mass is 10.1. The SMILES string of the molecule is CCCCCCCCCCCC(=O)OC(CC)CN. The van der Waals surface area contributed by atoms with Crippen molar-refractivity contribution in [2.45, 2.75) is 90.6 Å². The molecule has 0 aromatic heterocycles. The van der Waals surface area contributed by atoms with Crippen LogP contribution < -0.4 is 5.73 Å². The molecule has 0 saturated heterocycles. The van der Waals surface area contributed by atoms with E-state index in [1.807, 2.05) is 6.92 Å². The molecule has 0 aliphatic carbocycles. The first-order chi connectivity index (χ1) is 9.24. The lowest BCUT2D eigenvalue weighted by molar-refractivity contribution is -0.148. The first-order valence-corrected chi connectivity index (χ1v) is 8.14. The zero-order valence-corrected chi connectivity index (χ0v) is 13.0. The molecule has 0 aromatic rings. The van der Waals surface area contributed by atoms with Crippen LogP contribution in [0.25, 0.3) is 0 Å². The van der Waals surface area contributed by atoms with Crippen LogP contribution in [0.4, 0.5) is 0 Å². The van der Waals surface area contributed by atoms with Crippen LogP contribution in [0.1, 0.15) is 84.5 Å². The maximum absolute atomic E-state index is 11.5. The van der Waals surface area contributed by atoms with E-state index >= 15 is 0 Å². The zero-order chi connectivity index (χ0) is 14.3. The Kier molecular flexibility index (Phi) is 13.4. The van der Waals surface area contributed by atoms with Gasteiger partial charge < -0.3 is 10.5 Å². The van der Waals surface area contributed by atoms with Crippen molar-refractivity contribution < 1.29 is 9.53 Å². The summed E-state index contributed by atoms with van der Waals surface area (Å²) >= 11 is 0. The Morgan fingerprint density at radius 2 is 1.47 bits per heavy atom. The van der Waals surface area contributed by atoms with E-state index in [0.29, 0.717) is 13.0 Å². The molecule has 0 bridgehead atoms. The molecule has 2 N–H and O–H groups in total. The van der Waals surface area contributed by atoms with Gasteiger partial charge in [-0.2, -0.15) is 0 Å². The molecule has 3 heteroatoms. The van der Waals surface area contributed by atoms with Crippen LogP contribution in [0.15, 0.2) is 0 Å². The first-order valence-electron chi connectivity index (χ1n) is 8.14.